The molecule has 2 aromatic carbocycles. The Morgan fingerprint density at radius 1 is 0.767 bits per heavy atom. The molecule has 0 atom stereocenters. The van der Waals surface area contributed by atoms with Crippen molar-refractivity contribution in [2.75, 3.05) is 31.1 Å². The molecule has 2 saturated heterocycles. The summed E-state index contributed by atoms with van der Waals surface area (Å²) < 4.78 is 26.8. The number of anilines is 1. The summed E-state index contributed by atoms with van der Waals surface area (Å²) in [6.07, 6.45) is 0.408. The molecule has 0 saturated carbocycles. The molecule has 0 bridgehead atoms. The van der Waals surface area contributed by atoms with Crippen molar-refractivity contribution in [3.63, 3.8) is 0 Å². The molecule has 156 valence electrons. The summed E-state index contributed by atoms with van der Waals surface area (Å²) in [4.78, 5) is 39.5. The van der Waals surface area contributed by atoms with Gasteiger partial charge in [-0.1, -0.05) is 18.2 Å². The molecule has 0 radical (unpaired) electrons. The van der Waals surface area contributed by atoms with Crippen LogP contribution in [0.3, 0.4) is 0 Å². The van der Waals surface area contributed by atoms with Crippen molar-refractivity contribution in [1.29, 1.82) is 0 Å². The minimum atomic E-state index is -3.58. The Hall–Kier alpha value is -3.04. The SMILES string of the molecule is O=C(c1ccc(N2C(=O)CCC2=O)cc1)N1CCN(S(=O)(=O)c2ccccc2)CC1. The molecule has 9 heteroatoms. The number of benzene rings is 2. The highest BCUT2D eigenvalue weighted by Gasteiger charge is 2.32. The van der Waals surface area contributed by atoms with Crippen LogP contribution in [0.25, 0.3) is 0 Å². The van der Waals surface area contributed by atoms with Crippen LogP contribution in [0, 0.1) is 0 Å². The van der Waals surface area contributed by atoms with Crippen molar-refractivity contribution in [3.8, 4) is 0 Å². The molecule has 0 unspecified atom stereocenters. The Labute approximate surface area is 174 Å². The Morgan fingerprint density at radius 2 is 1.33 bits per heavy atom. The number of hydrogen-bond acceptors (Lipinski definition) is 5. The third kappa shape index (κ3) is 3.73. The summed E-state index contributed by atoms with van der Waals surface area (Å²) in [5.41, 5.74) is 0.884. The van der Waals surface area contributed by atoms with Gasteiger partial charge in [0.1, 0.15) is 0 Å². The van der Waals surface area contributed by atoms with E-state index in [-0.39, 0.29) is 61.6 Å². The molecule has 30 heavy (non-hydrogen) atoms. The molecular weight excluding hydrogens is 406 g/mol. The number of nitrogens with zero attached hydrogens (tertiary/aromatic N) is 3. The van der Waals surface area contributed by atoms with Crippen LogP contribution in [0.15, 0.2) is 59.5 Å². The lowest BCUT2D eigenvalue weighted by Crippen LogP contribution is -2.50. The fourth-order valence-corrected chi connectivity index (χ4v) is 5.12. The van der Waals surface area contributed by atoms with Crippen molar-refractivity contribution < 1.29 is 22.8 Å². The number of piperazine rings is 1. The molecule has 8 nitrogen and oxygen atoms in total. The largest absolute Gasteiger partial charge is 0.336 e. The summed E-state index contributed by atoms with van der Waals surface area (Å²) >= 11 is 0. The van der Waals surface area contributed by atoms with Gasteiger partial charge in [-0.2, -0.15) is 4.31 Å². The van der Waals surface area contributed by atoms with Gasteiger partial charge in [0.2, 0.25) is 21.8 Å². The smallest absolute Gasteiger partial charge is 0.253 e. The molecule has 3 amide bonds. The predicted molar refractivity (Wildman–Crippen MR) is 109 cm³/mol. The second kappa shape index (κ2) is 8.00. The van der Waals surface area contributed by atoms with Crippen LogP contribution in [0.2, 0.25) is 0 Å². The van der Waals surface area contributed by atoms with Gasteiger partial charge in [-0.05, 0) is 36.4 Å². The average Bonchev–Trinajstić information content (AvgIpc) is 3.12. The van der Waals surface area contributed by atoms with Gasteiger partial charge in [0.05, 0.1) is 10.6 Å². The van der Waals surface area contributed by atoms with Gasteiger partial charge in [0.25, 0.3) is 5.91 Å². The number of carbonyl (C=O) groups is 3. The van der Waals surface area contributed by atoms with Gasteiger partial charge >= 0.3 is 0 Å². The zero-order valence-corrected chi connectivity index (χ0v) is 17.0. The first-order chi connectivity index (χ1) is 14.4. The minimum absolute atomic E-state index is 0.204. The highest BCUT2D eigenvalue weighted by Crippen LogP contribution is 2.24. The number of carbonyl (C=O) groups excluding carboxylic acids is 3. The van der Waals surface area contributed by atoms with Crippen molar-refractivity contribution in [2.45, 2.75) is 17.7 Å². The average molecular weight is 427 g/mol. The molecule has 2 aliphatic heterocycles. The maximum absolute atomic E-state index is 12.8. The van der Waals surface area contributed by atoms with Crippen LogP contribution in [0.4, 0.5) is 5.69 Å². The molecule has 2 aliphatic rings. The molecular formula is C21H21N3O5S. The molecule has 2 aromatic rings. The maximum Gasteiger partial charge on any atom is 0.253 e. The lowest BCUT2D eigenvalue weighted by Gasteiger charge is -2.34. The van der Waals surface area contributed by atoms with Crippen molar-refractivity contribution >= 4 is 33.4 Å². The van der Waals surface area contributed by atoms with Crippen LogP contribution in [-0.2, 0) is 19.6 Å². The van der Waals surface area contributed by atoms with Gasteiger partial charge in [-0.3, -0.25) is 19.3 Å². The molecule has 0 spiro atoms. The first-order valence-electron chi connectivity index (χ1n) is 9.68. The second-order valence-electron chi connectivity index (χ2n) is 7.18. The van der Waals surface area contributed by atoms with E-state index < -0.39 is 10.0 Å². The number of rotatable bonds is 4. The lowest BCUT2D eigenvalue weighted by atomic mass is 10.1. The topological polar surface area (TPSA) is 95.1 Å². The predicted octanol–water partition coefficient (Wildman–Crippen LogP) is 1.49. The van der Waals surface area contributed by atoms with Crippen molar-refractivity contribution in [2.24, 2.45) is 0 Å². The van der Waals surface area contributed by atoms with E-state index in [2.05, 4.69) is 0 Å². The number of sulfonamides is 1. The van der Waals surface area contributed by atoms with E-state index in [1.807, 2.05) is 0 Å². The molecule has 4 rings (SSSR count). The van der Waals surface area contributed by atoms with Crippen LogP contribution in [-0.4, -0.2) is 61.5 Å². The highest BCUT2D eigenvalue weighted by molar-refractivity contribution is 7.89. The summed E-state index contributed by atoms with van der Waals surface area (Å²) in [7, 11) is -3.58. The van der Waals surface area contributed by atoms with Gasteiger partial charge in [-0.25, -0.2) is 8.42 Å². The molecule has 0 N–H and O–H groups in total. The minimum Gasteiger partial charge on any atom is -0.336 e. The normalized spacial score (nSPS) is 18.1. The highest BCUT2D eigenvalue weighted by atomic mass is 32.2. The molecule has 2 heterocycles. The zero-order chi connectivity index (χ0) is 21.3. The molecule has 0 aromatic heterocycles. The first kappa shape index (κ1) is 20.2. The van der Waals surface area contributed by atoms with Crippen LogP contribution in [0.1, 0.15) is 23.2 Å². The van der Waals surface area contributed by atoms with Gasteiger partial charge in [0, 0.05) is 44.6 Å². The van der Waals surface area contributed by atoms with E-state index in [0.29, 0.717) is 11.3 Å². The molecule has 0 aliphatic carbocycles. The van der Waals surface area contributed by atoms with Gasteiger partial charge < -0.3 is 4.90 Å². The summed E-state index contributed by atoms with van der Waals surface area (Å²) in [6.45, 7) is 1.02. The lowest BCUT2D eigenvalue weighted by molar-refractivity contribution is -0.121. The maximum atomic E-state index is 12.8. The van der Waals surface area contributed by atoms with Crippen molar-refractivity contribution in [1.82, 2.24) is 9.21 Å². The Bertz CT molecular complexity index is 1060. The Morgan fingerprint density at radius 3 is 1.90 bits per heavy atom. The third-order valence-corrected chi connectivity index (χ3v) is 7.24. The van der Waals surface area contributed by atoms with Crippen molar-refractivity contribution in [3.05, 3.63) is 60.2 Å². The fraction of sp³-hybridized carbons (Fsp3) is 0.286. The Kier molecular flexibility index (Phi) is 5.40. The standard InChI is InChI=1S/C21H21N3O5S/c25-19-10-11-20(26)24(19)17-8-6-16(7-9-17)21(27)22-12-14-23(15-13-22)30(28,29)18-4-2-1-3-5-18/h1-9H,10-15H2. The molecule has 2 fully saturated rings. The van der Waals surface area contributed by atoms with E-state index >= 15 is 0 Å². The van der Waals surface area contributed by atoms with Gasteiger partial charge in [0.15, 0.2) is 0 Å². The third-order valence-electron chi connectivity index (χ3n) is 5.33. The monoisotopic (exact) mass is 427 g/mol. The van der Waals surface area contributed by atoms with E-state index in [0.717, 1.165) is 4.90 Å². The fourth-order valence-electron chi connectivity index (χ4n) is 3.67. The second-order valence-corrected chi connectivity index (χ2v) is 9.12. The summed E-state index contributed by atoms with van der Waals surface area (Å²) in [5.74, 6) is -0.693. The summed E-state index contributed by atoms with van der Waals surface area (Å²) in [6, 6.07) is 14.6. The van der Waals surface area contributed by atoms with E-state index in [1.54, 1.807) is 59.5 Å². The van der Waals surface area contributed by atoms with Crippen LogP contribution < -0.4 is 4.90 Å². The van der Waals surface area contributed by atoms with Crippen LogP contribution in [0.5, 0.6) is 0 Å². The Balaban J connectivity index is 1.41. The summed E-state index contributed by atoms with van der Waals surface area (Å²) in [5, 5.41) is 0. The quantitative estimate of drug-likeness (QED) is 0.689. The number of hydrogen-bond donors (Lipinski definition) is 0. The van der Waals surface area contributed by atoms with E-state index in [9.17, 15) is 22.8 Å². The zero-order valence-electron chi connectivity index (χ0n) is 16.2. The van der Waals surface area contributed by atoms with Gasteiger partial charge in [-0.15, -0.1) is 0 Å². The van der Waals surface area contributed by atoms with E-state index in [1.165, 1.54) is 4.31 Å². The first-order valence-corrected chi connectivity index (χ1v) is 11.1. The number of imide groups is 1. The van der Waals surface area contributed by atoms with E-state index in [4.69, 9.17) is 0 Å². The number of amides is 3. The van der Waals surface area contributed by atoms with Crippen LogP contribution >= 0.6 is 0 Å².